The van der Waals surface area contributed by atoms with Crippen LogP contribution < -0.4 is 10.2 Å². The molecule has 2 aromatic carbocycles. The largest absolute Gasteiger partial charge is 0.483 e. The van der Waals surface area contributed by atoms with Gasteiger partial charge >= 0.3 is 0 Å². The summed E-state index contributed by atoms with van der Waals surface area (Å²) >= 11 is 0. The lowest BCUT2D eigenvalue weighted by atomic mass is 10.1. The van der Waals surface area contributed by atoms with Crippen molar-refractivity contribution < 1.29 is 9.53 Å². The second-order valence-corrected chi connectivity index (χ2v) is 6.02. The SMILES string of the molecule is C/C(=N/NC(=O)COc1cccc(C)c1C)c1cccc(-n2cnnn2)c1. The molecule has 138 valence electrons. The zero-order valence-electron chi connectivity index (χ0n) is 15.4. The first-order valence-corrected chi connectivity index (χ1v) is 8.40. The molecule has 8 nitrogen and oxygen atoms in total. The number of benzene rings is 2. The molecule has 0 bridgehead atoms. The fraction of sp³-hybridized carbons (Fsp3) is 0.211. The number of tetrazole rings is 1. The smallest absolute Gasteiger partial charge is 0.277 e. The summed E-state index contributed by atoms with van der Waals surface area (Å²) in [7, 11) is 0. The van der Waals surface area contributed by atoms with Crippen molar-refractivity contribution in [3.8, 4) is 11.4 Å². The van der Waals surface area contributed by atoms with Crippen molar-refractivity contribution in [2.75, 3.05) is 6.61 Å². The van der Waals surface area contributed by atoms with Gasteiger partial charge in [-0.05, 0) is 66.1 Å². The van der Waals surface area contributed by atoms with Gasteiger partial charge in [0.15, 0.2) is 6.61 Å². The van der Waals surface area contributed by atoms with Gasteiger partial charge in [-0.2, -0.15) is 5.10 Å². The summed E-state index contributed by atoms with van der Waals surface area (Å²) in [5.74, 6) is 0.367. The fourth-order valence-electron chi connectivity index (χ4n) is 2.42. The molecule has 0 aliphatic carbocycles. The van der Waals surface area contributed by atoms with Gasteiger partial charge in [-0.1, -0.05) is 24.3 Å². The third kappa shape index (κ3) is 4.55. The van der Waals surface area contributed by atoms with Gasteiger partial charge in [0.25, 0.3) is 5.91 Å². The highest BCUT2D eigenvalue weighted by Crippen LogP contribution is 2.20. The number of rotatable bonds is 6. The lowest BCUT2D eigenvalue weighted by Crippen LogP contribution is -2.25. The number of hydrogen-bond donors (Lipinski definition) is 1. The van der Waals surface area contributed by atoms with Crippen molar-refractivity contribution in [3.05, 3.63) is 65.5 Å². The Morgan fingerprint density at radius 1 is 1.22 bits per heavy atom. The Morgan fingerprint density at radius 2 is 2.04 bits per heavy atom. The van der Waals surface area contributed by atoms with E-state index in [0.29, 0.717) is 11.5 Å². The Labute approximate surface area is 156 Å². The monoisotopic (exact) mass is 364 g/mol. The van der Waals surface area contributed by atoms with E-state index in [-0.39, 0.29) is 12.5 Å². The van der Waals surface area contributed by atoms with Crippen molar-refractivity contribution in [1.82, 2.24) is 25.6 Å². The zero-order valence-corrected chi connectivity index (χ0v) is 15.4. The standard InChI is InChI=1S/C19H20N6O2/c1-13-6-4-9-18(14(13)2)27-11-19(26)22-21-15(3)16-7-5-8-17(10-16)25-12-20-23-24-25/h4-10,12H,11H2,1-3H3,(H,22,26)/b21-15-. The highest BCUT2D eigenvalue weighted by molar-refractivity contribution is 5.99. The van der Waals surface area contributed by atoms with Crippen LogP contribution in [0.2, 0.25) is 0 Å². The number of carbonyl (C=O) groups excluding carboxylic acids is 1. The number of amides is 1. The predicted molar refractivity (Wildman–Crippen MR) is 101 cm³/mol. The molecule has 0 unspecified atom stereocenters. The normalized spacial score (nSPS) is 11.3. The first kappa shape index (κ1) is 18.2. The van der Waals surface area contributed by atoms with E-state index in [1.807, 2.05) is 63.2 Å². The zero-order chi connectivity index (χ0) is 19.2. The Hall–Kier alpha value is -3.55. The molecule has 1 amide bonds. The molecule has 0 radical (unpaired) electrons. The van der Waals surface area contributed by atoms with Gasteiger partial charge in [0.05, 0.1) is 11.4 Å². The second-order valence-electron chi connectivity index (χ2n) is 6.02. The molecule has 0 saturated carbocycles. The Morgan fingerprint density at radius 3 is 2.81 bits per heavy atom. The number of aryl methyl sites for hydroxylation is 1. The van der Waals surface area contributed by atoms with Gasteiger partial charge in [0, 0.05) is 0 Å². The van der Waals surface area contributed by atoms with Crippen LogP contribution in [-0.4, -0.2) is 38.4 Å². The third-order valence-electron chi connectivity index (χ3n) is 4.14. The maximum absolute atomic E-state index is 12.0. The van der Waals surface area contributed by atoms with Gasteiger partial charge in [0.1, 0.15) is 12.1 Å². The van der Waals surface area contributed by atoms with Crippen molar-refractivity contribution in [3.63, 3.8) is 0 Å². The van der Waals surface area contributed by atoms with Crippen LogP contribution in [0.15, 0.2) is 53.9 Å². The number of hydrazone groups is 1. The van der Waals surface area contributed by atoms with E-state index in [4.69, 9.17) is 4.74 Å². The molecular formula is C19H20N6O2. The minimum atomic E-state index is -0.327. The molecule has 0 atom stereocenters. The average Bonchev–Trinajstić information content (AvgIpc) is 3.22. The van der Waals surface area contributed by atoms with Crippen LogP contribution in [0.5, 0.6) is 5.75 Å². The molecule has 0 aliphatic rings. The summed E-state index contributed by atoms with van der Waals surface area (Å²) in [6.07, 6.45) is 1.51. The third-order valence-corrected chi connectivity index (χ3v) is 4.14. The number of ether oxygens (including phenoxy) is 1. The predicted octanol–water partition coefficient (Wildman–Crippen LogP) is 2.20. The molecule has 0 fully saturated rings. The summed E-state index contributed by atoms with van der Waals surface area (Å²) < 4.78 is 7.13. The second kappa shape index (κ2) is 8.22. The Bertz CT molecular complexity index is 966. The van der Waals surface area contributed by atoms with Crippen molar-refractivity contribution in [2.24, 2.45) is 5.10 Å². The molecule has 0 saturated heterocycles. The number of nitrogens with one attached hydrogen (secondary N) is 1. The quantitative estimate of drug-likeness (QED) is 0.534. The van der Waals surface area contributed by atoms with Gasteiger partial charge in [-0.25, -0.2) is 10.1 Å². The summed E-state index contributed by atoms with van der Waals surface area (Å²) in [4.78, 5) is 12.0. The van der Waals surface area contributed by atoms with Crippen molar-refractivity contribution >= 4 is 11.6 Å². The van der Waals surface area contributed by atoms with Gasteiger partial charge in [0.2, 0.25) is 0 Å². The highest BCUT2D eigenvalue weighted by Gasteiger charge is 2.07. The van der Waals surface area contributed by atoms with E-state index < -0.39 is 0 Å². The summed E-state index contributed by atoms with van der Waals surface area (Å²) in [5, 5.41) is 15.2. The molecule has 3 aromatic rings. The number of nitrogens with zero attached hydrogens (tertiary/aromatic N) is 5. The van der Waals surface area contributed by atoms with Crippen LogP contribution in [-0.2, 0) is 4.79 Å². The summed E-state index contributed by atoms with van der Waals surface area (Å²) in [5.41, 5.74) is 6.96. The minimum Gasteiger partial charge on any atom is -0.483 e. The molecule has 1 aromatic heterocycles. The molecule has 1 N–H and O–H groups in total. The van der Waals surface area contributed by atoms with Crippen molar-refractivity contribution in [1.29, 1.82) is 0 Å². The highest BCUT2D eigenvalue weighted by atomic mass is 16.5. The lowest BCUT2D eigenvalue weighted by molar-refractivity contribution is -0.123. The van der Waals surface area contributed by atoms with Crippen LogP contribution in [0.3, 0.4) is 0 Å². The van der Waals surface area contributed by atoms with Crippen LogP contribution in [0.25, 0.3) is 5.69 Å². The molecule has 8 heteroatoms. The minimum absolute atomic E-state index is 0.105. The average molecular weight is 364 g/mol. The lowest BCUT2D eigenvalue weighted by Gasteiger charge is -2.10. The summed E-state index contributed by atoms with van der Waals surface area (Å²) in [6, 6.07) is 13.3. The molecule has 0 aliphatic heterocycles. The van der Waals surface area contributed by atoms with E-state index in [1.54, 1.807) is 4.68 Å². The first-order valence-electron chi connectivity index (χ1n) is 8.40. The van der Waals surface area contributed by atoms with E-state index in [2.05, 4.69) is 26.1 Å². The molecule has 3 rings (SSSR count). The van der Waals surface area contributed by atoms with Crippen LogP contribution in [0, 0.1) is 13.8 Å². The van der Waals surface area contributed by atoms with Crippen LogP contribution in [0.1, 0.15) is 23.6 Å². The molecule has 27 heavy (non-hydrogen) atoms. The molecular weight excluding hydrogens is 344 g/mol. The molecule has 0 spiro atoms. The number of hydrogen-bond acceptors (Lipinski definition) is 6. The Kier molecular flexibility index (Phi) is 5.55. The molecule has 1 heterocycles. The van der Waals surface area contributed by atoms with E-state index >= 15 is 0 Å². The summed E-state index contributed by atoms with van der Waals surface area (Å²) in [6.45, 7) is 5.66. The van der Waals surface area contributed by atoms with E-state index in [9.17, 15) is 4.79 Å². The van der Waals surface area contributed by atoms with Crippen molar-refractivity contribution in [2.45, 2.75) is 20.8 Å². The number of carbonyl (C=O) groups is 1. The van der Waals surface area contributed by atoms with Gasteiger partial charge < -0.3 is 4.74 Å². The maximum Gasteiger partial charge on any atom is 0.277 e. The first-order chi connectivity index (χ1) is 13.0. The van der Waals surface area contributed by atoms with E-state index in [1.165, 1.54) is 6.33 Å². The number of aromatic nitrogens is 4. The van der Waals surface area contributed by atoms with Crippen LogP contribution >= 0.6 is 0 Å². The van der Waals surface area contributed by atoms with E-state index in [0.717, 1.165) is 22.4 Å². The van der Waals surface area contributed by atoms with Gasteiger partial charge in [-0.15, -0.1) is 5.10 Å². The Balaban J connectivity index is 1.61. The maximum atomic E-state index is 12.0. The topological polar surface area (TPSA) is 94.3 Å². The van der Waals surface area contributed by atoms with Gasteiger partial charge in [-0.3, -0.25) is 4.79 Å². The fourth-order valence-corrected chi connectivity index (χ4v) is 2.42. The van der Waals surface area contributed by atoms with Crippen LogP contribution in [0.4, 0.5) is 0 Å².